The third-order valence-electron chi connectivity index (χ3n) is 15.3. The minimum absolute atomic E-state index is 0.130. The third kappa shape index (κ3) is 5.27. The monoisotopic (exact) mass is 802 g/mol. The van der Waals surface area contributed by atoms with E-state index >= 15 is 0 Å². The number of ether oxygens (including phenoxy) is 8. The highest BCUT2D eigenvalue weighted by atomic mass is 16.7. The SMILES string of the molecule is C=C1C[C@@]2(O)[C@]3(C)CC[C@@]4(C)[C@@H]5C=CC(=O)OC[C@]5([C@H](C)OC(C)=O)[C@@H](OC(C)=O)[C@@H](OC(C)=O)[C@@H]4[C@@]3(C)[C@H](OC(C)=O)[C@H](OC(C)=O)[C@@]2(C)[C@]2(C(=O)OC)O[C@H]12. The molecule has 0 spiro atoms. The quantitative estimate of drug-likeness (QED) is 0.169. The highest BCUT2D eigenvalue weighted by Gasteiger charge is 2.93. The van der Waals surface area contributed by atoms with E-state index in [0.29, 0.717) is 5.57 Å². The molecule has 2 aliphatic heterocycles. The molecule has 16 heteroatoms. The van der Waals surface area contributed by atoms with E-state index in [1.807, 2.05) is 6.92 Å². The second kappa shape index (κ2) is 13.4. The Balaban J connectivity index is 1.76. The van der Waals surface area contributed by atoms with Crippen LogP contribution in [0, 0.1) is 38.9 Å². The average molecular weight is 803 g/mol. The molecule has 5 fully saturated rings. The summed E-state index contributed by atoms with van der Waals surface area (Å²) in [6.07, 6.45) is -5.13. The third-order valence-corrected chi connectivity index (χ3v) is 15.3. The first-order valence-electron chi connectivity index (χ1n) is 19.2. The maximum atomic E-state index is 14.0. The number of hydrogen-bond acceptors (Lipinski definition) is 16. The van der Waals surface area contributed by atoms with Crippen LogP contribution in [0.25, 0.3) is 0 Å². The zero-order valence-electron chi connectivity index (χ0n) is 34.4. The van der Waals surface area contributed by atoms with Gasteiger partial charge in [-0.15, -0.1) is 0 Å². The van der Waals surface area contributed by atoms with Gasteiger partial charge in [-0.1, -0.05) is 33.4 Å². The van der Waals surface area contributed by atoms with Gasteiger partial charge in [-0.3, -0.25) is 24.0 Å². The summed E-state index contributed by atoms with van der Waals surface area (Å²) in [4.78, 5) is 93.2. The Labute approximate surface area is 331 Å². The van der Waals surface area contributed by atoms with Crippen LogP contribution in [0.2, 0.25) is 0 Å². The minimum atomic E-state index is -2.07. The molecule has 2 heterocycles. The van der Waals surface area contributed by atoms with Gasteiger partial charge in [-0.25, -0.2) is 9.59 Å². The molecule has 0 aromatic heterocycles. The van der Waals surface area contributed by atoms with Gasteiger partial charge in [-0.05, 0) is 43.6 Å². The molecule has 15 atom stereocenters. The van der Waals surface area contributed by atoms with E-state index < -0.39 is 135 Å². The molecule has 0 amide bonds. The molecule has 4 saturated carbocycles. The predicted octanol–water partition coefficient (Wildman–Crippen LogP) is 2.84. The van der Waals surface area contributed by atoms with Crippen molar-refractivity contribution < 1.29 is 76.6 Å². The number of methoxy groups -OCH3 is 1. The highest BCUT2D eigenvalue weighted by Crippen LogP contribution is 2.82. The fraction of sp³-hybridized carbons (Fsp3) is 0.732. The van der Waals surface area contributed by atoms with Crippen LogP contribution in [0.5, 0.6) is 0 Å². The zero-order valence-corrected chi connectivity index (χ0v) is 34.4. The van der Waals surface area contributed by atoms with Crippen molar-refractivity contribution >= 4 is 41.8 Å². The van der Waals surface area contributed by atoms with E-state index in [4.69, 9.17) is 37.9 Å². The van der Waals surface area contributed by atoms with E-state index in [-0.39, 0.29) is 19.3 Å². The number of rotatable bonds is 7. The van der Waals surface area contributed by atoms with Crippen LogP contribution < -0.4 is 0 Å². The molecule has 0 unspecified atom stereocenters. The van der Waals surface area contributed by atoms with E-state index in [1.165, 1.54) is 34.0 Å². The molecule has 314 valence electrons. The van der Waals surface area contributed by atoms with Gasteiger partial charge in [0.25, 0.3) is 0 Å². The van der Waals surface area contributed by atoms with Crippen molar-refractivity contribution in [3.05, 3.63) is 24.3 Å². The Morgan fingerprint density at radius 1 is 0.842 bits per heavy atom. The van der Waals surface area contributed by atoms with Crippen molar-refractivity contribution in [2.75, 3.05) is 13.7 Å². The topological polar surface area (TPSA) is 217 Å². The van der Waals surface area contributed by atoms with E-state index in [0.717, 1.165) is 13.8 Å². The van der Waals surface area contributed by atoms with Crippen LogP contribution in [0.1, 0.15) is 88.5 Å². The first-order valence-corrected chi connectivity index (χ1v) is 19.2. The fourth-order valence-electron chi connectivity index (χ4n) is 13.0. The number of fused-ring (bicyclic) bond motifs is 9. The number of aliphatic hydroxyl groups is 1. The summed E-state index contributed by atoms with van der Waals surface area (Å²) in [6.45, 7) is 18.2. The summed E-state index contributed by atoms with van der Waals surface area (Å²) in [7, 11) is 1.17. The normalized spacial score (nSPS) is 45.6. The molecule has 6 rings (SSSR count). The van der Waals surface area contributed by atoms with Crippen LogP contribution in [0.4, 0.5) is 0 Å². The second-order valence-corrected chi connectivity index (χ2v) is 17.7. The lowest BCUT2D eigenvalue weighted by atomic mass is 9.27. The molecular weight excluding hydrogens is 748 g/mol. The van der Waals surface area contributed by atoms with Crippen molar-refractivity contribution in [3.8, 4) is 0 Å². The van der Waals surface area contributed by atoms with Gasteiger partial charge >= 0.3 is 41.8 Å². The Kier molecular flexibility index (Phi) is 9.92. The Hall–Kier alpha value is -4.31. The standard InChI is InChI=1S/C41H54O16/c1-19-17-40(49)36(9)16-15-35(8)26-13-14-27(47)51-18-39(26,20(2)52-21(3)42)31(54-23(5)44)28(53-22(4)43)29(35)37(36,10)32(55-24(6)45)33(56-25(7)46)38(40,11)41(30(19)57-41)34(48)50-12/h13-14,20,26,28-33,49H,1,15-18H2,2-12H3/t20-,26-,28-,29-,30+,31-,32+,33-,35-,36+,37-,38+,39+,40+,41-/m0/s1. The number of hydrogen-bond donors (Lipinski definition) is 1. The van der Waals surface area contributed by atoms with E-state index in [1.54, 1.807) is 33.8 Å². The molecular formula is C41H54O16. The molecule has 0 bridgehead atoms. The smallest absolute Gasteiger partial charge is 0.342 e. The molecule has 6 aliphatic rings. The highest BCUT2D eigenvalue weighted by molar-refractivity contribution is 5.87. The molecule has 57 heavy (non-hydrogen) atoms. The zero-order chi connectivity index (χ0) is 42.6. The van der Waals surface area contributed by atoms with Crippen LogP contribution in [0.15, 0.2) is 24.3 Å². The lowest BCUT2D eigenvalue weighted by Crippen LogP contribution is -2.87. The summed E-state index contributed by atoms with van der Waals surface area (Å²) in [5.41, 5.74) is -11.4. The van der Waals surface area contributed by atoms with E-state index in [9.17, 15) is 38.7 Å². The maximum Gasteiger partial charge on any atom is 0.342 e. The Morgan fingerprint density at radius 3 is 1.95 bits per heavy atom. The molecule has 0 aromatic rings. The number of carbonyl (C=O) groups is 7. The summed E-state index contributed by atoms with van der Waals surface area (Å²) < 4.78 is 48.2. The van der Waals surface area contributed by atoms with Gasteiger partial charge in [0.1, 0.15) is 31.0 Å². The lowest BCUT2D eigenvalue weighted by molar-refractivity contribution is -0.385. The molecule has 1 N–H and O–H groups in total. The summed E-state index contributed by atoms with van der Waals surface area (Å²) in [5.74, 6) is -7.44. The number of carbonyl (C=O) groups excluding carboxylic acids is 7. The Bertz CT molecular complexity index is 1860. The van der Waals surface area contributed by atoms with Crippen molar-refractivity contribution in [2.45, 2.75) is 136 Å². The van der Waals surface area contributed by atoms with Crippen LogP contribution >= 0.6 is 0 Å². The van der Waals surface area contributed by atoms with Gasteiger partial charge in [0.2, 0.25) is 5.60 Å². The summed E-state index contributed by atoms with van der Waals surface area (Å²) in [5, 5.41) is 13.9. The number of allylic oxidation sites excluding steroid dienone is 1. The molecule has 16 nitrogen and oxygen atoms in total. The first-order chi connectivity index (χ1) is 26.3. The van der Waals surface area contributed by atoms with E-state index in [2.05, 4.69) is 6.58 Å². The molecule has 0 aromatic carbocycles. The van der Waals surface area contributed by atoms with Crippen LogP contribution in [-0.2, 0) is 71.5 Å². The molecule has 1 saturated heterocycles. The molecule has 4 aliphatic carbocycles. The predicted molar refractivity (Wildman–Crippen MR) is 193 cm³/mol. The summed E-state index contributed by atoms with van der Waals surface area (Å²) in [6, 6.07) is 0. The number of epoxide rings is 1. The largest absolute Gasteiger partial charge is 0.467 e. The number of esters is 7. The molecule has 0 radical (unpaired) electrons. The Morgan fingerprint density at radius 2 is 1.40 bits per heavy atom. The van der Waals surface area contributed by atoms with Crippen molar-refractivity contribution in [3.63, 3.8) is 0 Å². The van der Waals surface area contributed by atoms with Crippen LogP contribution in [0.3, 0.4) is 0 Å². The maximum absolute atomic E-state index is 14.0. The lowest BCUT2D eigenvalue weighted by Gasteiger charge is -2.78. The fourth-order valence-corrected chi connectivity index (χ4v) is 13.0. The van der Waals surface area contributed by atoms with Crippen molar-refractivity contribution in [1.29, 1.82) is 0 Å². The van der Waals surface area contributed by atoms with Crippen molar-refractivity contribution in [2.24, 2.45) is 38.9 Å². The van der Waals surface area contributed by atoms with Gasteiger partial charge in [0, 0.05) is 63.9 Å². The second-order valence-electron chi connectivity index (χ2n) is 17.7. The van der Waals surface area contributed by atoms with Gasteiger partial charge in [-0.2, -0.15) is 0 Å². The number of cyclic esters (lactones) is 1. The summed E-state index contributed by atoms with van der Waals surface area (Å²) >= 11 is 0. The van der Waals surface area contributed by atoms with Crippen LogP contribution in [-0.4, -0.2) is 108 Å². The van der Waals surface area contributed by atoms with Gasteiger partial charge in [0.05, 0.1) is 23.5 Å². The average Bonchev–Trinajstić information content (AvgIpc) is 3.89. The van der Waals surface area contributed by atoms with Gasteiger partial charge < -0.3 is 43.0 Å². The van der Waals surface area contributed by atoms with Gasteiger partial charge in [0.15, 0.2) is 12.2 Å². The minimum Gasteiger partial charge on any atom is -0.467 e. The first kappa shape index (κ1) is 42.3. The van der Waals surface area contributed by atoms with Crippen molar-refractivity contribution in [1.82, 2.24) is 0 Å².